The van der Waals surface area contributed by atoms with Gasteiger partial charge in [0.25, 0.3) is 0 Å². The number of carbonyl (C=O) groups is 2. The molecule has 1 atom stereocenters. The number of nitrogens with one attached hydrogen (secondary N) is 1. The fraction of sp³-hybridized carbons (Fsp3) is 0.429. The van der Waals surface area contributed by atoms with Crippen LogP contribution in [0.4, 0.5) is 5.69 Å². The molecule has 22 heavy (non-hydrogen) atoms. The minimum Gasteiger partial charge on any atom is -0.368 e. The van der Waals surface area contributed by atoms with Gasteiger partial charge in [0.15, 0.2) is 9.84 Å². The number of carbonyl (C=O) groups excluding carboxylic acids is 2. The first-order chi connectivity index (χ1) is 10.3. The van der Waals surface area contributed by atoms with E-state index in [0.29, 0.717) is 18.7 Å². The van der Waals surface area contributed by atoms with Gasteiger partial charge in [0.2, 0.25) is 11.8 Å². The van der Waals surface area contributed by atoms with Gasteiger partial charge in [0.1, 0.15) is 0 Å². The number of likely N-dealkylation sites (tertiary alicyclic amines) is 1. The number of benzene rings is 1. The molecular formula is C14H19N3O4S. The Bertz CT molecular complexity index is 670. The molecule has 1 aromatic carbocycles. The van der Waals surface area contributed by atoms with Crippen molar-refractivity contribution >= 4 is 27.3 Å². The Kier molecular flexibility index (Phi) is 4.82. The fourth-order valence-electron chi connectivity index (χ4n) is 2.51. The second-order valence-electron chi connectivity index (χ2n) is 5.38. The van der Waals surface area contributed by atoms with Gasteiger partial charge in [-0.05, 0) is 43.7 Å². The van der Waals surface area contributed by atoms with Crippen molar-refractivity contribution in [2.45, 2.75) is 23.8 Å². The molecule has 0 saturated carbocycles. The van der Waals surface area contributed by atoms with Gasteiger partial charge in [-0.25, -0.2) is 8.42 Å². The van der Waals surface area contributed by atoms with Crippen molar-refractivity contribution in [2.24, 2.45) is 5.73 Å². The van der Waals surface area contributed by atoms with Crippen LogP contribution in [0.25, 0.3) is 0 Å². The zero-order chi connectivity index (χ0) is 16.3. The largest absolute Gasteiger partial charge is 0.368 e. The highest BCUT2D eigenvalue weighted by atomic mass is 32.2. The highest BCUT2D eigenvalue weighted by Crippen LogP contribution is 2.17. The maximum atomic E-state index is 12.0. The Morgan fingerprint density at radius 1 is 1.32 bits per heavy atom. The Morgan fingerprint density at radius 2 is 1.95 bits per heavy atom. The summed E-state index contributed by atoms with van der Waals surface area (Å²) in [7, 11) is -3.26. The predicted octanol–water partition coefficient (Wildman–Crippen LogP) is -0.0217. The number of primary amides is 1. The lowest BCUT2D eigenvalue weighted by atomic mass is 10.2. The van der Waals surface area contributed by atoms with E-state index in [-0.39, 0.29) is 17.3 Å². The van der Waals surface area contributed by atoms with E-state index in [2.05, 4.69) is 5.32 Å². The number of nitrogens with zero attached hydrogens (tertiary/aromatic N) is 1. The van der Waals surface area contributed by atoms with E-state index in [1.54, 1.807) is 4.90 Å². The van der Waals surface area contributed by atoms with Crippen molar-refractivity contribution < 1.29 is 18.0 Å². The molecule has 0 aromatic heterocycles. The van der Waals surface area contributed by atoms with E-state index in [1.165, 1.54) is 24.3 Å². The van der Waals surface area contributed by atoms with Crippen LogP contribution in [0.15, 0.2) is 29.2 Å². The Morgan fingerprint density at radius 3 is 2.50 bits per heavy atom. The Hall–Kier alpha value is -1.93. The Labute approximate surface area is 129 Å². The molecule has 0 bridgehead atoms. The summed E-state index contributed by atoms with van der Waals surface area (Å²) in [5, 5.41) is 2.68. The summed E-state index contributed by atoms with van der Waals surface area (Å²) in [6.07, 6.45) is 2.63. The van der Waals surface area contributed by atoms with Crippen molar-refractivity contribution in [3.05, 3.63) is 24.3 Å². The van der Waals surface area contributed by atoms with Crippen LogP contribution < -0.4 is 11.1 Å². The summed E-state index contributed by atoms with van der Waals surface area (Å²) >= 11 is 0. The average Bonchev–Trinajstić information content (AvgIpc) is 2.86. The SMILES string of the molecule is CS(=O)(=O)c1ccc(NC(=O)CN2CCC[C@@H]2C(N)=O)cc1. The minimum atomic E-state index is -3.26. The summed E-state index contributed by atoms with van der Waals surface area (Å²) in [6, 6.07) is 5.55. The lowest BCUT2D eigenvalue weighted by molar-refractivity contribution is -0.123. The number of rotatable bonds is 5. The standard InChI is InChI=1S/C14H19N3O4S/c1-22(20,21)11-6-4-10(5-7-11)16-13(18)9-17-8-2-3-12(17)14(15)19/h4-7,12H,2-3,8-9H2,1H3,(H2,15,19)(H,16,18)/t12-/m1/s1. The minimum absolute atomic E-state index is 0.0848. The van der Waals surface area contributed by atoms with Gasteiger partial charge in [-0.2, -0.15) is 0 Å². The molecule has 0 radical (unpaired) electrons. The molecule has 2 amide bonds. The van der Waals surface area contributed by atoms with Crippen molar-refractivity contribution in [1.29, 1.82) is 0 Å². The molecule has 1 aliphatic rings. The van der Waals surface area contributed by atoms with Crippen LogP contribution in [-0.2, 0) is 19.4 Å². The van der Waals surface area contributed by atoms with E-state index < -0.39 is 21.8 Å². The predicted molar refractivity (Wildman–Crippen MR) is 82.0 cm³/mol. The van der Waals surface area contributed by atoms with Gasteiger partial charge in [0, 0.05) is 11.9 Å². The first kappa shape index (κ1) is 16.4. The second-order valence-corrected chi connectivity index (χ2v) is 7.39. The zero-order valence-corrected chi connectivity index (χ0v) is 13.1. The summed E-state index contributed by atoms with van der Waals surface area (Å²) < 4.78 is 22.7. The van der Waals surface area contributed by atoms with Gasteiger partial charge < -0.3 is 11.1 Å². The smallest absolute Gasteiger partial charge is 0.238 e. The number of hydrogen-bond donors (Lipinski definition) is 2. The molecule has 1 fully saturated rings. The van der Waals surface area contributed by atoms with Crippen LogP contribution in [0.1, 0.15) is 12.8 Å². The highest BCUT2D eigenvalue weighted by molar-refractivity contribution is 7.90. The number of sulfone groups is 1. The maximum absolute atomic E-state index is 12.0. The molecule has 1 heterocycles. The van der Waals surface area contributed by atoms with Crippen LogP contribution in [0, 0.1) is 0 Å². The van der Waals surface area contributed by atoms with Gasteiger partial charge in [-0.15, -0.1) is 0 Å². The molecule has 7 nitrogen and oxygen atoms in total. The topological polar surface area (TPSA) is 110 Å². The molecule has 1 aliphatic heterocycles. The quantitative estimate of drug-likeness (QED) is 0.790. The summed E-state index contributed by atoms with van der Waals surface area (Å²) in [4.78, 5) is 25.2. The summed E-state index contributed by atoms with van der Waals surface area (Å²) in [5.74, 6) is -0.678. The third kappa shape index (κ3) is 4.05. The van der Waals surface area contributed by atoms with Crippen molar-refractivity contribution in [3.63, 3.8) is 0 Å². The first-order valence-electron chi connectivity index (χ1n) is 6.91. The molecule has 0 aliphatic carbocycles. The van der Waals surface area contributed by atoms with E-state index in [0.717, 1.165) is 12.7 Å². The monoisotopic (exact) mass is 325 g/mol. The number of hydrogen-bond acceptors (Lipinski definition) is 5. The van der Waals surface area contributed by atoms with E-state index in [4.69, 9.17) is 5.73 Å². The van der Waals surface area contributed by atoms with Crippen LogP contribution in [0.2, 0.25) is 0 Å². The normalized spacial score (nSPS) is 19.0. The van der Waals surface area contributed by atoms with E-state index in [9.17, 15) is 18.0 Å². The van der Waals surface area contributed by atoms with Gasteiger partial charge >= 0.3 is 0 Å². The summed E-state index contributed by atoms with van der Waals surface area (Å²) in [5.41, 5.74) is 5.81. The molecule has 1 saturated heterocycles. The molecule has 120 valence electrons. The van der Waals surface area contributed by atoms with Crippen LogP contribution in [-0.4, -0.2) is 50.5 Å². The second kappa shape index (κ2) is 6.45. The maximum Gasteiger partial charge on any atom is 0.238 e. The zero-order valence-electron chi connectivity index (χ0n) is 12.3. The molecule has 2 rings (SSSR count). The molecule has 0 unspecified atom stereocenters. The molecular weight excluding hydrogens is 306 g/mol. The molecule has 0 spiro atoms. The first-order valence-corrected chi connectivity index (χ1v) is 8.80. The lowest BCUT2D eigenvalue weighted by Gasteiger charge is -2.21. The van der Waals surface area contributed by atoms with Crippen molar-refractivity contribution in [2.75, 3.05) is 24.7 Å². The molecule has 3 N–H and O–H groups in total. The van der Waals surface area contributed by atoms with Gasteiger partial charge in [-0.1, -0.05) is 0 Å². The van der Waals surface area contributed by atoms with Gasteiger partial charge in [-0.3, -0.25) is 14.5 Å². The van der Waals surface area contributed by atoms with E-state index in [1.807, 2.05) is 0 Å². The van der Waals surface area contributed by atoms with Crippen LogP contribution >= 0.6 is 0 Å². The van der Waals surface area contributed by atoms with Gasteiger partial charge in [0.05, 0.1) is 17.5 Å². The third-order valence-corrected chi connectivity index (χ3v) is 4.73. The van der Waals surface area contributed by atoms with Crippen LogP contribution in [0.5, 0.6) is 0 Å². The van der Waals surface area contributed by atoms with E-state index >= 15 is 0 Å². The average molecular weight is 325 g/mol. The Balaban J connectivity index is 1.96. The fourth-order valence-corrected chi connectivity index (χ4v) is 3.14. The van der Waals surface area contributed by atoms with Crippen molar-refractivity contribution in [1.82, 2.24) is 4.90 Å². The number of anilines is 1. The summed E-state index contributed by atoms with van der Waals surface area (Å²) in [6.45, 7) is 0.746. The van der Waals surface area contributed by atoms with Crippen molar-refractivity contribution in [3.8, 4) is 0 Å². The number of amides is 2. The lowest BCUT2D eigenvalue weighted by Crippen LogP contribution is -2.43. The number of nitrogens with two attached hydrogens (primary N) is 1. The molecule has 1 aromatic rings. The highest BCUT2D eigenvalue weighted by Gasteiger charge is 2.30. The third-order valence-electron chi connectivity index (χ3n) is 3.61. The van der Waals surface area contributed by atoms with Crippen LogP contribution in [0.3, 0.4) is 0 Å². The molecule has 8 heteroatoms.